The fourth-order valence-electron chi connectivity index (χ4n) is 2.68. The average Bonchev–Trinajstić information content (AvgIpc) is 3.06. The molecule has 3 rings (SSSR count). The summed E-state index contributed by atoms with van der Waals surface area (Å²) in [5.74, 6) is 0.498. The standard InChI is InChI=1S/C15H20N2O2/c1-15(2)8-9-4-3-5-11(13(9)19-15)12(14(16)18)17-10-6-7-10/h3-5,10,12,17H,6-8H2,1-2H3,(H2,16,18). The molecule has 1 aliphatic carbocycles. The zero-order valence-corrected chi connectivity index (χ0v) is 11.4. The topological polar surface area (TPSA) is 64.3 Å². The normalized spacial score (nSPS) is 21.6. The van der Waals surface area contributed by atoms with Gasteiger partial charge in [-0.15, -0.1) is 0 Å². The number of amides is 1. The molecular formula is C15H20N2O2. The quantitative estimate of drug-likeness (QED) is 0.865. The molecule has 1 atom stereocenters. The Hall–Kier alpha value is -1.55. The Bertz CT molecular complexity index is 521. The number of carbonyl (C=O) groups excluding carboxylic acids is 1. The van der Waals surface area contributed by atoms with Crippen LogP contribution in [0.1, 0.15) is 43.9 Å². The Kier molecular flexibility index (Phi) is 2.78. The number of primary amides is 1. The van der Waals surface area contributed by atoms with E-state index in [0.29, 0.717) is 6.04 Å². The van der Waals surface area contributed by atoms with Gasteiger partial charge in [0.25, 0.3) is 0 Å². The third-order valence-electron chi connectivity index (χ3n) is 3.70. The molecule has 1 aromatic rings. The lowest BCUT2D eigenvalue weighted by atomic mass is 9.98. The molecule has 0 aromatic heterocycles. The molecule has 1 unspecified atom stereocenters. The molecule has 1 heterocycles. The number of benzene rings is 1. The number of nitrogens with two attached hydrogens (primary N) is 1. The number of ether oxygens (including phenoxy) is 1. The van der Waals surface area contributed by atoms with Crippen LogP contribution in [0.5, 0.6) is 5.75 Å². The molecule has 0 spiro atoms. The highest BCUT2D eigenvalue weighted by atomic mass is 16.5. The molecule has 1 aliphatic heterocycles. The molecule has 1 saturated carbocycles. The minimum atomic E-state index is -0.448. The highest BCUT2D eigenvalue weighted by Gasteiger charge is 2.36. The minimum Gasteiger partial charge on any atom is -0.487 e. The van der Waals surface area contributed by atoms with Crippen molar-refractivity contribution in [2.24, 2.45) is 5.73 Å². The van der Waals surface area contributed by atoms with E-state index in [2.05, 4.69) is 25.2 Å². The van der Waals surface area contributed by atoms with Gasteiger partial charge in [-0.1, -0.05) is 18.2 Å². The molecule has 1 aromatic carbocycles. The van der Waals surface area contributed by atoms with Crippen molar-refractivity contribution in [3.8, 4) is 5.75 Å². The molecular weight excluding hydrogens is 240 g/mol. The molecule has 19 heavy (non-hydrogen) atoms. The number of hydrogen-bond donors (Lipinski definition) is 2. The second kappa shape index (κ2) is 4.23. The predicted octanol–water partition coefficient (Wildman–Crippen LogP) is 1.68. The minimum absolute atomic E-state index is 0.208. The molecule has 2 aliphatic rings. The van der Waals surface area contributed by atoms with E-state index in [4.69, 9.17) is 10.5 Å². The van der Waals surface area contributed by atoms with E-state index >= 15 is 0 Å². The second-order valence-corrected chi connectivity index (χ2v) is 6.15. The van der Waals surface area contributed by atoms with Gasteiger partial charge < -0.3 is 10.5 Å². The molecule has 102 valence electrons. The van der Waals surface area contributed by atoms with Crippen LogP contribution < -0.4 is 15.8 Å². The predicted molar refractivity (Wildman–Crippen MR) is 72.9 cm³/mol. The zero-order valence-electron chi connectivity index (χ0n) is 11.4. The van der Waals surface area contributed by atoms with Gasteiger partial charge in [-0.3, -0.25) is 10.1 Å². The fourth-order valence-corrected chi connectivity index (χ4v) is 2.68. The Labute approximate surface area is 113 Å². The van der Waals surface area contributed by atoms with Crippen molar-refractivity contribution in [2.45, 2.75) is 50.8 Å². The van der Waals surface area contributed by atoms with Crippen LogP contribution in [-0.2, 0) is 11.2 Å². The first-order valence-corrected chi connectivity index (χ1v) is 6.82. The summed E-state index contributed by atoms with van der Waals surface area (Å²) in [6, 6.07) is 5.94. The van der Waals surface area contributed by atoms with E-state index in [0.717, 1.165) is 36.1 Å². The van der Waals surface area contributed by atoms with Crippen LogP contribution in [0, 0.1) is 0 Å². The number of carbonyl (C=O) groups is 1. The summed E-state index contributed by atoms with van der Waals surface area (Å²) in [7, 11) is 0. The van der Waals surface area contributed by atoms with E-state index < -0.39 is 6.04 Å². The monoisotopic (exact) mass is 260 g/mol. The first kappa shape index (κ1) is 12.5. The van der Waals surface area contributed by atoms with Gasteiger partial charge in [0, 0.05) is 18.0 Å². The van der Waals surface area contributed by atoms with Gasteiger partial charge in [0.1, 0.15) is 17.4 Å². The van der Waals surface area contributed by atoms with Crippen molar-refractivity contribution in [1.29, 1.82) is 0 Å². The summed E-state index contributed by atoms with van der Waals surface area (Å²) in [4.78, 5) is 11.7. The summed E-state index contributed by atoms with van der Waals surface area (Å²) in [5, 5.41) is 3.31. The summed E-state index contributed by atoms with van der Waals surface area (Å²) >= 11 is 0. The van der Waals surface area contributed by atoms with E-state index in [9.17, 15) is 4.79 Å². The van der Waals surface area contributed by atoms with Crippen LogP contribution in [0.4, 0.5) is 0 Å². The summed E-state index contributed by atoms with van der Waals surface area (Å²) in [6.07, 6.45) is 3.10. The number of hydrogen-bond acceptors (Lipinski definition) is 3. The Morgan fingerprint density at radius 3 is 2.84 bits per heavy atom. The zero-order chi connectivity index (χ0) is 13.6. The number of para-hydroxylation sites is 1. The van der Waals surface area contributed by atoms with Crippen molar-refractivity contribution in [3.05, 3.63) is 29.3 Å². The van der Waals surface area contributed by atoms with Crippen LogP contribution in [0.3, 0.4) is 0 Å². The van der Waals surface area contributed by atoms with Crippen molar-refractivity contribution < 1.29 is 9.53 Å². The van der Waals surface area contributed by atoms with Gasteiger partial charge >= 0.3 is 0 Å². The third-order valence-corrected chi connectivity index (χ3v) is 3.70. The van der Waals surface area contributed by atoms with E-state index in [1.165, 1.54) is 0 Å². The average molecular weight is 260 g/mol. The lowest BCUT2D eigenvalue weighted by molar-refractivity contribution is -0.120. The molecule has 1 fully saturated rings. The van der Waals surface area contributed by atoms with E-state index in [1.54, 1.807) is 0 Å². The van der Waals surface area contributed by atoms with Crippen LogP contribution in [0.2, 0.25) is 0 Å². The summed E-state index contributed by atoms with van der Waals surface area (Å²) < 4.78 is 6.01. The lowest BCUT2D eigenvalue weighted by Crippen LogP contribution is -2.35. The van der Waals surface area contributed by atoms with Crippen LogP contribution >= 0.6 is 0 Å². The molecule has 3 N–H and O–H groups in total. The first-order valence-electron chi connectivity index (χ1n) is 6.82. The van der Waals surface area contributed by atoms with E-state index in [1.807, 2.05) is 12.1 Å². The Balaban J connectivity index is 1.96. The highest BCUT2D eigenvalue weighted by molar-refractivity contribution is 5.82. The van der Waals surface area contributed by atoms with Gasteiger partial charge in [-0.2, -0.15) is 0 Å². The Morgan fingerprint density at radius 1 is 1.47 bits per heavy atom. The van der Waals surface area contributed by atoms with Gasteiger partial charge in [-0.05, 0) is 32.3 Å². The number of nitrogens with one attached hydrogen (secondary N) is 1. The second-order valence-electron chi connectivity index (χ2n) is 6.15. The van der Waals surface area contributed by atoms with Crippen LogP contribution in [0.15, 0.2) is 18.2 Å². The first-order chi connectivity index (χ1) is 8.96. The lowest BCUT2D eigenvalue weighted by Gasteiger charge is -2.21. The molecule has 1 amide bonds. The van der Waals surface area contributed by atoms with Crippen LogP contribution in [-0.4, -0.2) is 17.6 Å². The maximum absolute atomic E-state index is 11.7. The molecule has 4 heteroatoms. The maximum Gasteiger partial charge on any atom is 0.239 e. The Morgan fingerprint density at radius 2 is 2.21 bits per heavy atom. The van der Waals surface area contributed by atoms with Gasteiger partial charge in [0.15, 0.2) is 0 Å². The summed E-state index contributed by atoms with van der Waals surface area (Å²) in [6.45, 7) is 4.12. The van der Waals surface area contributed by atoms with Crippen LogP contribution in [0.25, 0.3) is 0 Å². The summed E-state index contributed by atoms with van der Waals surface area (Å²) in [5.41, 5.74) is 7.38. The molecule has 4 nitrogen and oxygen atoms in total. The van der Waals surface area contributed by atoms with E-state index in [-0.39, 0.29) is 11.5 Å². The highest BCUT2D eigenvalue weighted by Crippen LogP contribution is 2.40. The smallest absolute Gasteiger partial charge is 0.239 e. The molecule has 0 radical (unpaired) electrons. The molecule has 0 bridgehead atoms. The number of fused-ring (bicyclic) bond motifs is 1. The number of rotatable bonds is 4. The van der Waals surface area contributed by atoms with Gasteiger partial charge in [0.05, 0.1) is 0 Å². The largest absolute Gasteiger partial charge is 0.487 e. The maximum atomic E-state index is 11.7. The SMILES string of the molecule is CC1(C)Cc2cccc(C(NC3CC3)C(N)=O)c2O1. The van der Waals surface area contributed by atoms with Crippen molar-refractivity contribution >= 4 is 5.91 Å². The third kappa shape index (κ3) is 2.45. The van der Waals surface area contributed by atoms with Gasteiger partial charge in [0.2, 0.25) is 5.91 Å². The van der Waals surface area contributed by atoms with Crippen molar-refractivity contribution in [2.75, 3.05) is 0 Å². The van der Waals surface area contributed by atoms with Gasteiger partial charge in [-0.25, -0.2) is 0 Å². The van der Waals surface area contributed by atoms with Crippen molar-refractivity contribution in [1.82, 2.24) is 5.32 Å². The van der Waals surface area contributed by atoms with Crippen molar-refractivity contribution in [3.63, 3.8) is 0 Å². The fraction of sp³-hybridized carbons (Fsp3) is 0.533. The molecule has 0 saturated heterocycles.